The molecule has 2 aromatic rings. The van der Waals surface area contributed by atoms with Crippen molar-refractivity contribution in [2.45, 2.75) is 32.4 Å². The van der Waals surface area contributed by atoms with Crippen LogP contribution in [0.4, 0.5) is 4.79 Å². The number of amides is 2. The molecule has 1 aromatic heterocycles. The number of nitrogens with one attached hydrogen (secondary N) is 1. The Morgan fingerprint density at radius 1 is 1.17 bits per heavy atom. The Balaban J connectivity index is 1.81. The summed E-state index contributed by atoms with van der Waals surface area (Å²) in [5.74, 6) is 6.11. The van der Waals surface area contributed by atoms with E-state index >= 15 is 0 Å². The molecule has 3 rings (SSSR count). The van der Waals surface area contributed by atoms with Crippen LogP contribution >= 0.6 is 0 Å². The molecule has 1 fully saturated rings. The van der Waals surface area contributed by atoms with Crippen molar-refractivity contribution >= 4 is 6.03 Å². The molecule has 0 spiro atoms. The lowest BCUT2D eigenvalue weighted by Crippen LogP contribution is -2.40. The van der Waals surface area contributed by atoms with Crippen molar-refractivity contribution in [3.8, 4) is 11.8 Å². The molecule has 5 heteroatoms. The highest BCUT2D eigenvalue weighted by atomic mass is 16.2. The van der Waals surface area contributed by atoms with Gasteiger partial charge in [-0.3, -0.25) is 0 Å². The lowest BCUT2D eigenvalue weighted by Gasteiger charge is -2.30. The summed E-state index contributed by atoms with van der Waals surface area (Å²) in [6, 6.07) is 11.4. The number of hydrogen-bond donors (Lipinski definition) is 1. The maximum Gasteiger partial charge on any atom is 0.318 e. The van der Waals surface area contributed by atoms with E-state index in [2.05, 4.69) is 27.4 Å². The second-order valence-electron chi connectivity index (χ2n) is 6.56. The van der Waals surface area contributed by atoms with Gasteiger partial charge < -0.3 is 10.2 Å². The Morgan fingerprint density at radius 2 is 1.96 bits per heavy atom. The van der Waals surface area contributed by atoms with Crippen LogP contribution in [-0.4, -0.2) is 33.7 Å². The first-order valence-corrected chi connectivity index (χ1v) is 7.84. The highest BCUT2D eigenvalue weighted by molar-refractivity contribution is 5.78. The van der Waals surface area contributed by atoms with Crippen LogP contribution in [0.25, 0.3) is 0 Å². The average Bonchev–Trinajstić information content (AvgIpc) is 2.77. The van der Waals surface area contributed by atoms with Crippen molar-refractivity contribution in [1.82, 2.24) is 20.4 Å². The fourth-order valence-corrected chi connectivity index (χ4v) is 2.71. The molecule has 5 nitrogen and oxygen atoms in total. The van der Waals surface area contributed by atoms with Gasteiger partial charge in [-0.15, -0.1) is 5.10 Å². The first kappa shape index (κ1) is 16.0. The van der Waals surface area contributed by atoms with Gasteiger partial charge in [0.25, 0.3) is 0 Å². The third-order valence-electron chi connectivity index (χ3n) is 4.48. The minimum Gasteiger partial charge on any atom is -0.327 e. The standard InChI is InChI=1S/C19H20N4O/c1-13-6-5-7-14(12-13)8-9-15-10-11-16(22-21-15)17-19(2,3)23(4)18(24)20-17/h5-7,10-12,17H,1-4H3,(H,20,24). The van der Waals surface area contributed by atoms with Crippen molar-refractivity contribution in [2.75, 3.05) is 7.05 Å². The summed E-state index contributed by atoms with van der Waals surface area (Å²) in [7, 11) is 1.78. The van der Waals surface area contributed by atoms with Crippen LogP contribution in [-0.2, 0) is 0 Å². The summed E-state index contributed by atoms with van der Waals surface area (Å²) >= 11 is 0. The SMILES string of the molecule is Cc1cccc(C#Cc2ccc(C3NC(=O)N(C)C3(C)C)nn2)c1. The number of benzene rings is 1. The lowest BCUT2D eigenvalue weighted by molar-refractivity contribution is 0.187. The van der Waals surface area contributed by atoms with E-state index in [9.17, 15) is 4.79 Å². The van der Waals surface area contributed by atoms with Crippen LogP contribution in [0.2, 0.25) is 0 Å². The molecule has 24 heavy (non-hydrogen) atoms. The third kappa shape index (κ3) is 2.95. The number of rotatable bonds is 1. The fraction of sp³-hybridized carbons (Fsp3) is 0.316. The van der Waals surface area contributed by atoms with Crippen molar-refractivity contribution < 1.29 is 4.79 Å². The van der Waals surface area contributed by atoms with Gasteiger partial charge in [-0.05, 0) is 56.5 Å². The summed E-state index contributed by atoms with van der Waals surface area (Å²) in [4.78, 5) is 13.6. The number of carbonyl (C=O) groups excluding carboxylic acids is 1. The first-order chi connectivity index (χ1) is 11.4. The highest BCUT2D eigenvalue weighted by Gasteiger charge is 2.45. The molecular weight excluding hydrogens is 300 g/mol. The molecule has 0 bridgehead atoms. The van der Waals surface area contributed by atoms with E-state index < -0.39 is 0 Å². The fourth-order valence-electron chi connectivity index (χ4n) is 2.71. The van der Waals surface area contributed by atoms with Gasteiger partial charge in [0.2, 0.25) is 0 Å². The molecule has 1 unspecified atom stereocenters. The topological polar surface area (TPSA) is 58.1 Å². The zero-order chi connectivity index (χ0) is 17.3. The molecule has 1 atom stereocenters. The second-order valence-corrected chi connectivity index (χ2v) is 6.56. The van der Waals surface area contributed by atoms with Crippen LogP contribution in [0.1, 0.15) is 42.4 Å². The molecule has 1 aliphatic rings. The Kier molecular flexibility index (Phi) is 3.98. The third-order valence-corrected chi connectivity index (χ3v) is 4.48. The van der Waals surface area contributed by atoms with Crippen LogP contribution in [0.5, 0.6) is 0 Å². The summed E-state index contributed by atoms with van der Waals surface area (Å²) < 4.78 is 0. The quantitative estimate of drug-likeness (QED) is 0.822. The van der Waals surface area contributed by atoms with Gasteiger partial charge in [0.05, 0.1) is 17.3 Å². The molecule has 2 amide bonds. The Morgan fingerprint density at radius 3 is 2.54 bits per heavy atom. The molecule has 1 N–H and O–H groups in total. The number of likely N-dealkylation sites (N-methyl/N-ethyl adjacent to an activating group) is 1. The van der Waals surface area contributed by atoms with Gasteiger partial charge in [0, 0.05) is 12.6 Å². The zero-order valence-electron chi connectivity index (χ0n) is 14.3. The van der Waals surface area contributed by atoms with Gasteiger partial charge >= 0.3 is 6.03 Å². The van der Waals surface area contributed by atoms with E-state index in [1.165, 1.54) is 5.56 Å². The van der Waals surface area contributed by atoms with Crippen LogP contribution in [0, 0.1) is 18.8 Å². The number of aryl methyl sites for hydroxylation is 1. The molecule has 122 valence electrons. The normalized spacial score (nSPS) is 18.8. The predicted octanol–water partition coefficient (Wildman–Crippen LogP) is 2.66. The minimum absolute atomic E-state index is 0.102. The van der Waals surface area contributed by atoms with Crippen molar-refractivity contribution in [2.24, 2.45) is 0 Å². The average molecular weight is 320 g/mol. The Bertz CT molecular complexity index is 830. The molecule has 0 aliphatic carbocycles. The summed E-state index contributed by atoms with van der Waals surface area (Å²) in [5, 5.41) is 11.4. The molecule has 0 saturated carbocycles. The molecule has 0 radical (unpaired) electrons. The highest BCUT2D eigenvalue weighted by Crippen LogP contribution is 2.33. The maximum atomic E-state index is 11.9. The number of carbonyl (C=O) groups is 1. The van der Waals surface area contributed by atoms with E-state index in [1.807, 2.05) is 57.2 Å². The van der Waals surface area contributed by atoms with E-state index in [-0.39, 0.29) is 17.6 Å². The first-order valence-electron chi connectivity index (χ1n) is 7.84. The van der Waals surface area contributed by atoms with Crippen molar-refractivity contribution in [3.63, 3.8) is 0 Å². The van der Waals surface area contributed by atoms with Crippen molar-refractivity contribution in [3.05, 3.63) is 58.9 Å². The number of aromatic nitrogens is 2. The van der Waals surface area contributed by atoms with Gasteiger partial charge in [-0.1, -0.05) is 18.1 Å². The van der Waals surface area contributed by atoms with E-state index in [0.29, 0.717) is 5.69 Å². The number of urea groups is 1. The zero-order valence-corrected chi connectivity index (χ0v) is 14.3. The summed E-state index contributed by atoms with van der Waals surface area (Å²) in [5.41, 5.74) is 3.10. The van der Waals surface area contributed by atoms with Crippen LogP contribution in [0.15, 0.2) is 36.4 Å². The van der Waals surface area contributed by atoms with E-state index in [4.69, 9.17) is 0 Å². The van der Waals surface area contributed by atoms with Crippen molar-refractivity contribution in [1.29, 1.82) is 0 Å². The number of hydrogen-bond acceptors (Lipinski definition) is 3. The van der Waals surface area contributed by atoms with E-state index in [1.54, 1.807) is 11.9 Å². The van der Waals surface area contributed by atoms with E-state index in [0.717, 1.165) is 11.3 Å². The van der Waals surface area contributed by atoms with Gasteiger partial charge in [-0.25, -0.2) is 4.79 Å². The molecule has 2 heterocycles. The number of nitrogens with zero attached hydrogens (tertiary/aromatic N) is 3. The predicted molar refractivity (Wildman–Crippen MR) is 92.3 cm³/mol. The second kappa shape index (κ2) is 5.97. The smallest absolute Gasteiger partial charge is 0.318 e. The Hall–Kier alpha value is -2.87. The van der Waals surface area contributed by atoms with Gasteiger partial charge in [-0.2, -0.15) is 5.10 Å². The van der Waals surface area contributed by atoms with Gasteiger partial charge in [0.1, 0.15) is 5.69 Å². The monoisotopic (exact) mass is 320 g/mol. The largest absolute Gasteiger partial charge is 0.327 e. The minimum atomic E-state index is -0.361. The Labute approximate surface area is 142 Å². The molecule has 1 saturated heterocycles. The maximum absolute atomic E-state index is 11.9. The lowest BCUT2D eigenvalue weighted by atomic mass is 9.92. The molecule has 1 aromatic carbocycles. The summed E-state index contributed by atoms with van der Waals surface area (Å²) in [6.07, 6.45) is 0. The van der Waals surface area contributed by atoms with Crippen LogP contribution < -0.4 is 5.32 Å². The molecule has 1 aliphatic heterocycles. The molecular formula is C19H20N4O. The summed E-state index contributed by atoms with van der Waals surface area (Å²) in [6.45, 7) is 6.04. The van der Waals surface area contributed by atoms with Crippen LogP contribution in [0.3, 0.4) is 0 Å². The van der Waals surface area contributed by atoms with Gasteiger partial charge in [0.15, 0.2) is 0 Å².